The van der Waals surface area contributed by atoms with Gasteiger partial charge in [0.2, 0.25) is 0 Å². The molecule has 0 atom stereocenters. The lowest BCUT2D eigenvalue weighted by Crippen LogP contribution is -2.48. The molecule has 1 aromatic carbocycles. The molecule has 0 spiro atoms. The van der Waals surface area contributed by atoms with Crippen LogP contribution in [0.5, 0.6) is 0 Å². The SMILES string of the molecule is CC(C)(C)OC(=O)N1CCC(N(CO)c2ccccc2)CC1. The summed E-state index contributed by atoms with van der Waals surface area (Å²) in [6, 6.07) is 10.1. The number of piperidine rings is 1. The normalized spacial score (nSPS) is 16.5. The Morgan fingerprint density at radius 1 is 1.27 bits per heavy atom. The molecule has 1 aliphatic rings. The van der Waals surface area contributed by atoms with Gasteiger partial charge >= 0.3 is 6.09 Å². The van der Waals surface area contributed by atoms with E-state index < -0.39 is 5.60 Å². The first-order valence-electron chi connectivity index (χ1n) is 7.81. The topological polar surface area (TPSA) is 53.0 Å². The van der Waals surface area contributed by atoms with Crippen molar-refractivity contribution in [2.75, 3.05) is 24.7 Å². The summed E-state index contributed by atoms with van der Waals surface area (Å²) in [4.78, 5) is 15.8. The highest BCUT2D eigenvalue weighted by molar-refractivity contribution is 5.68. The zero-order valence-corrected chi connectivity index (χ0v) is 13.7. The lowest BCUT2D eigenvalue weighted by molar-refractivity contribution is 0.0201. The van der Waals surface area contributed by atoms with E-state index in [0.717, 1.165) is 18.5 Å². The lowest BCUT2D eigenvalue weighted by Gasteiger charge is -2.39. The number of carbonyl (C=O) groups is 1. The van der Waals surface area contributed by atoms with Crippen LogP contribution >= 0.6 is 0 Å². The van der Waals surface area contributed by atoms with Gasteiger partial charge in [-0.05, 0) is 45.7 Å². The fraction of sp³-hybridized carbons (Fsp3) is 0.588. The van der Waals surface area contributed by atoms with E-state index in [2.05, 4.69) is 0 Å². The molecule has 1 aromatic rings. The summed E-state index contributed by atoms with van der Waals surface area (Å²) >= 11 is 0. The standard InChI is InChI=1S/C17H26N2O3/c1-17(2,3)22-16(21)18-11-9-15(10-12-18)19(13-20)14-7-5-4-6-8-14/h4-8,15,20H,9-13H2,1-3H3. The molecule has 1 fully saturated rings. The molecule has 1 saturated heterocycles. The van der Waals surface area contributed by atoms with E-state index in [9.17, 15) is 9.90 Å². The van der Waals surface area contributed by atoms with Gasteiger partial charge in [0.25, 0.3) is 0 Å². The van der Waals surface area contributed by atoms with Crippen LogP contribution in [0.1, 0.15) is 33.6 Å². The van der Waals surface area contributed by atoms with Crippen molar-refractivity contribution >= 4 is 11.8 Å². The monoisotopic (exact) mass is 306 g/mol. The zero-order valence-electron chi connectivity index (χ0n) is 13.7. The van der Waals surface area contributed by atoms with Gasteiger partial charge in [-0.1, -0.05) is 18.2 Å². The number of ether oxygens (including phenoxy) is 1. The summed E-state index contributed by atoms with van der Waals surface area (Å²) in [5, 5.41) is 9.68. The van der Waals surface area contributed by atoms with Gasteiger partial charge < -0.3 is 19.6 Å². The molecule has 0 aliphatic carbocycles. The van der Waals surface area contributed by atoms with E-state index >= 15 is 0 Å². The smallest absolute Gasteiger partial charge is 0.410 e. The molecule has 1 N–H and O–H groups in total. The van der Waals surface area contributed by atoms with Crippen molar-refractivity contribution in [1.29, 1.82) is 0 Å². The van der Waals surface area contributed by atoms with E-state index in [-0.39, 0.29) is 18.9 Å². The molecule has 0 unspecified atom stereocenters. The second-order valence-corrected chi connectivity index (χ2v) is 6.65. The Bertz CT molecular complexity index is 476. The summed E-state index contributed by atoms with van der Waals surface area (Å²) in [5.74, 6) is 0. The Balaban J connectivity index is 1.92. The molecule has 0 saturated carbocycles. The van der Waals surface area contributed by atoms with Crippen molar-refractivity contribution < 1.29 is 14.6 Å². The molecular formula is C17H26N2O3. The quantitative estimate of drug-likeness (QED) is 0.873. The average molecular weight is 306 g/mol. The van der Waals surface area contributed by atoms with Crippen LogP contribution in [0.2, 0.25) is 0 Å². The van der Waals surface area contributed by atoms with Gasteiger partial charge in [-0.2, -0.15) is 0 Å². The first kappa shape index (κ1) is 16.6. The number of carbonyl (C=O) groups excluding carboxylic acids is 1. The summed E-state index contributed by atoms with van der Waals surface area (Å²) in [5.41, 5.74) is 0.551. The van der Waals surface area contributed by atoms with Gasteiger partial charge in [0.1, 0.15) is 12.3 Å². The summed E-state index contributed by atoms with van der Waals surface area (Å²) in [6.07, 6.45) is 1.41. The van der Waals surface area contributed by atoms with Crippen LogP contribution in [0.4, 0.5) is 10.5 Å². The second kappa shape index (κ2) is 7.01. The molecular weight excluding hydrogens is 280 g/mol. The maximum absolute atomic E-state index is 12.1. The number of nitrogens with zero attached hydrogens (tertiary/aromatic N) is 2. The number of aliphatic hydroxyl groups is 1. The predicted molar refractivity (Wildman–Crippen MR) is 86.8 cm³/mol. The van der Waals surface area contributed by atoms with Crippen LogP contribution in [0.3, 0.4) is 0 Å². The molecule has 1 amide bonds. The second-order valence-electron chi connectivity index (χ2n) is 6.65. The molecule has 0 aromatic heterocycles. The van der Waals surface area contributed by atoms with E-state index in [0.29, 0.717) is 13.1 Å². The van der Waals surface area contributed by atoms with Gasteiger partial charge in [-0.15, -0.1) is 0 Å². The van der Waals surface area contributed by atoms with Crippen LogP contribution in [0.15, 0.2) is 30.3 Å². The summed E-state index contributed by atoms with van der Waals surface area (Å²) in [6.45, 7) is 6.93. The minimum absolute atomic E-state index is 0.0128. The molecule has 5 nitrogen and oxygen atoms in total. The molecule has 1 heterocycles. The summed E-state index contributed by atoms with van der Waals surface area (Å²) < 4.78 is 5.41. The minimum Gasteiger partial charge on any atom is -0.444 e. The van der Waals surface area contributed by atoms with Gasteiger partial charge in [-0.3, -0.25) is 0 Å². The Hall–Kier alpha value is -1.75. The number of hydrogen-bond donors (Lipinski definition) is 1. The zero-order chi connectivity index (χ0) is 16.2. The highest BCUT2D eigenvalue weighted by Gasteiger charge is 2.29. The first-order valence-corrected chi connectivity index (χ1v) is 7.81. The molecule has 2 rings (SSSR count). The van der Waals surface area contributed by atoms with Crippen LogP contribution < -0.4 is 4.90 Å². The van der Waals surface area contributed by atoms with Crippen molar-refractivity contribution in [3.63, 3.8) is 0 Å². The fourth-order valence-electron chi connectivity index (χ4n) is 2.71. The van der Waals surface area contributed by atoms with Crippen molar-refractivity contribution in [3.8, 4) is 0 Å². The van der Waals surface area contributed by atoms with Gasteiger partial charge in [0.05, 0.1) is 0 Å². The Labute approximate surface area is 132 Å². The number of aliphatic hydroxyl groups excluding tert-OH is 1. The highest BCUT2D eigenvalue weighted by atomic mass is 16.6. The van der Waals surface area contributed by atoms with E-state index in [1.54, 1.807) is 4.90 Å². The molecule has 22 heavy (non-hydrogen) atoms. The van der Waals surface area contributed by atoms with Crippen molar-refractivity contribution in [2.24, 2.45) is 0 Å². The van der Waals surface area contributed by atoms with Gasteiger partial charge in [-0.25, -0.2) is 4.79 Å². The third-order valence-electron chi connectivity index (χ3n) is 3.80. The number of likely N-dealkylation sites (tertiary alicyclic amines) is 1. The average Bonchev–Trinajstić information content (AvgIpc) is 2.48. The van der Waals surface area contributed by atoms with E-state index in [1.807, 2.05) is 56.0 Å². The van der Waals surface area contributed by atoms with Crippen molar-refractivity contribution in [2.45, 2.75) is 45.3 Å². The number of benzene rings is 1. The predicted octanol–water partition coefficient (Wildman–Crippen LogP) is 2.84. The van der Waals surface area contributed by atoms with Crippen LogP contribution in [0.25, 0.3) is 0 Å². The Kier molecular flexibility index (Phi) is 5.29. The Morgan fingerprint density at radius 3 is 2.36 bits per heavy atom. The largest absolute Gasteiger partial charge is 0.444 e. The molecule has 0 bridgehead atoms. The highest BCUT2D eigenvalue weighted by Crippen LogP contribution is 2.23. The first-order chi connectivity index (χ1) is 10.4. The lowest BCUT2D eigenvalue weighted by atomic mass is 10.0. The third kappa shape index (κ3) is 4.37. The molecule has 0 radical (unpaired) electrons. The Morgan fingerprint density at radius 2 is 1.86 bits per heavy atom. The minimum atomic E-state index is -0.463. The van der Waals surface area contributed by atoms with Crippen LogP contribution in [-0.2, 0) is 4.74 Å². The van der Waals surface area contributed by atoms with Crippen molar-refractivity contribution in [3.05, 3.63) is 30.3 Å². The molecule has 5 heteroatoms. The van der Waals surface area contributed by atoms with Crippen LogP contribution in [-0.4, -0.2) is 47.6 Å². The third-order valence-corrected chi connectivity index (χ3v) is 3.80. The van der Waals surface area contributed by atoms with Gasteiger partial charge in [0.15, 0.2) is 0 Å². The van der Waals surface area contributed by atoms with Crippen LogP contribution in [0, 0.1) is 0 Å². The fourth-order valence-corrected chi connectivity index (χ4v) is 2.71. The van der Waals surface area contributed by atoms with E-state index in [1.165, 1.54) is 0 Å². The number of rotatable bonds is 3. The maximum atomic E-state index is 12.1. The molecule has 1 aliphatic heterocycles. The van der Waals surface area contributed by atoms with E-state index in [4.69, 9.17) is 4.74 Å². The molecule has 122 valence electrons. The number of hydrogen-bond acceptors (Lipinski definition) is 4. The summed E-state index contributed by atoms with van der Waals surface area (Å²) in [7, 11) is 0. The van der Waals surface area contributed by atoms with Crippen molar-refractivity contribution in [1.82, 2.24) is 4.90 Å². The number of anilines is 1. The number of amides is 1. The maximum Gasteiger partial charge on any atom is 0.410 e. The van der Waals surface area contributed by atoms with Gasteiger partial charge in [0, 0.05) is 24.8 Å². The number of para-hydroxylation sites is 1.